The van der Waals surface area contributed by atoms with E-state index in [1.807, 2.05) is 0 Å². The molecule has 0 aliphatic rings. The Hall–Kier alpha value is -1.68. The lowest BCUT2D eigenvalue weighted by Gasteiger charge is -2.05. The summed E-state index contributed by atoms with van der Waals surface area (Å²) >= 11 is 0. The van der Waals surface area contributed by atoms with Crippen LogP contribution in [0.1, 0.15) is 18.1 Å². The number of hydrogen-bond acceptors (Lipinski definition) is 0. The molecule has 0 N–H and O–H groups in total. The largest absolute Gasteiger partial charge is 0.361 e. The van der Waals surface area contributed by atoms with Crippen LogP contribution in [-0.2, 0) is 6.42 Å². The van der Waals surface area contributed by atoms with Crippen LogP contribution < -0.4 is 0 Å². The van der Waals surface area contributed by atoms with E-state index < -0.39 is 34.4 Å². The Morgan fingerprint density at radius 2 is 1.53 bits per heavy atom. The maximum Gasteiger partial charge on any atom is 0.293 e. The normalized spacial score (nSPS) is 9.93. The van der Waals surface area contributed by atoms with Crippen LogP contribution in [0.15, 0.2) is 0 Å². The second-order valence-corrected chi connectivity index (χ2v) is 2.75. The molecule has 0 saturated heterocycles. The first-order valence-electron chi connectivity index (χ1n) is 4.06. The molecule has 1 aromatic rings. The van der Waals surface area contributed by atoms with E-state index in [0.717, 1.165) is 0 Å². The van der Waals surface area contributed by atoms with Crippen LogP contribution in [0.25, 0.3) is 5.53 Å². The van der Waals surface area contributed by atoms with Gasteiger partial charge in [0.25, 0.3) is 6.21 Å². The van der Waals surface area contributed by atoms with Gasteiger partial charge in [-0.05, 0) is 6.42 Å². The minimum absolute atomic E-state index is 0.179. The highest BCUT2D eigenvalue weighted by molar-refractivity contribution is 5.76. The number of rotatable bonds is 2. The van der Waals surface area contributed by atoms with E-state index in [0.29, 0.717) is 6.21 Å². The van der Waals surface area contributed by atoms with Gasteiger partial charge in [0, 0.05) is 5.56 Å². The number of nitrogens with zero attached hydrogens (tertiary/aromatic N) is 2. The van der Waals surface area contributed by atoms with Crippen molar-refractivity contribution in [2.45, 2.75) is 13.3 Å². The molecular formula is C9H6F4N2. The molecule has 0 atom stereocenters. The van der Waals surface area contributed by atoms with Gasteiger partial charge in [-0.2, -0.15) is 4.79 Å². The van der Waals surface area contributed by atoms with Crippen molar-refractivity contribution in [3.8, 4) is 0 Å². The molecule has 6 heteroatoms. The summed E-state index contributed by atoms with van der Waals surface area (Å²) < 4.78 is 52.4. The van der Waals surface area contributed by atoms with E-state index in [-0.39, 0.29) is 6.42 Å². The van der Waals surface area contributed by atoms with Gasteiger partial charge in [-0.3, -0.25) is 0 Å². The summed E-state index contributed by atoms with van der Waals surface area (Å²) in [7, 11) is 0. The van der Waals surface area contributed by atoms with Crippen LogP contribution in [-0.4, -0.2) is 11.0 Å². The average Bonchev–Trinajstić information content (AvgIpc) is 2.23. The average molecular weight is 218 g/mol. The fraction of sp³-hybridized carbons (Fsp3) is 0.222. The molecule has 0 heterocycles. The Bertz CT molecular complexity index is 421. The minimum Gasteiger partial charge on any atom is -0.361 e. The molecule has 0 fully saturated rings. The molecule has 0 unspecified atom stereocenters. The SMILES string of the molecule is CCc1c(F)c(F)c(C=[N+]=[N-])c(F)c1F. The molecule has 80 valence electrons. The van der Waals surface area contributed by atoms with Crippen molar-refractivity contribution in [2.75, 3.05) is 0 Å². The Morgan fingerprint density at radius 1 is 1.07 bits per heavy atom. The predicted molar refractivity (Wildman–Crippen MR) is 44.4 cm³/mol. The number of benzene rings is 1. The number of halogens is 4. The van der Waals surface area contributed by atoms with E-state index in [1.54, 1.807) is 0 Å². The minimum atomic E-state index is -1.57. The van der Waals surface area contributed by atoms with E-state index in [2.05, 4.69) is 4.79 Å². The van der Waals surface area contributed by atoms with E-state index in [9.17, 15) is 17.6 Å². The lowest BCUT2D eigenvalue weighted by Crippen LogP contribution is -2.07. The maximum atomic E-state index is 13.1. The molecule has 0 aliphatic carbocycles. The van der Waals surface area contributed by atoms with Gasteiger partial charge in [0.1, 0.15) is 5.56 Å². The van der Waals surface area contributed by atoms with Crippen LogP contribution >= 0.6 is 0 Å². The third kappa shape index (κ3) is 1.76. The first kappa shape index (κ1) is 11.4. The number of hydrogen-bond donors (Lipinski definition) is 0. The highest BCUT2D eigenvalue weighted by Gasteiger charge is 2.25. The molecule has 0 radical (unpaired) electrons. The third-order valence-corrected chi connectivity index (χ3v) is 1.93. The Labute approximate surface area is 82.8 Å². The molecule has 0 aromatic heterocycles. The zero-order chi connectivity index (χ0) is 11.6. The molecule has 1 rings (SSSR count). The Balaban J connectivity index is 3.65. The second kappa shape index (κ2) is 4.23. The molecule has 15 heavy (non-hydrogen) atoms. The predicted octanol–water partition coefficient (Wildman–Crippen LogP) is 2.45. The van der Waals surface area contributed by atoms with Crippen LogP contribution in [0.5, 0.6) is 0 Å². The summed E-state index contributed by atoms with van der Waals surface area (Å²) in [4.78, 5) is 2.33. The van der Waals surface area contributed by atoms with Gasteiger partial charge in [0.05, 0.1) is 0 Å². The Morgan fingerprint density at radius 3 is 1.87 bits per heavy atom. The van der Waals surface area contributed by atoms with Crippen molar-refractivity contribution >= 4 is 6.21 Å². The van der Waals surface area contributed by atoms with Crippen LogP contribution in [0.3, 0.4) is 0 Å². The zero-order valence-corrected chi connectivity index (χ0v) is 7.69. The van der Waals surface area contributed by atoms with Crippen molar-refractivity contribution in [3.63, 3.8) is 0 Å². The van der Waals surface area contributed by atoms with Gasteiger partial charge in [0.2, 0.25) is 0 Å². The molecule has 0 amide bonds. The first-order valence-corrected chi connectivity index (χ1v) is 4.06. The molecule has 2 nitrogen and oxygen atoms in total. The highest BCUT2D eigenvalue weighted by atomic mass is 19.2. The monoisotopic (exact) mass is 218 g/mol. The summed E-state index contributed by atoms with van der Waals surface area (Å²) in [6.45, 7) is 1.36. The molecular weight excluding hydrogens is 212 g/mol. The molecule has 0 aliphatic heterocycles. The molecule has 0 spiro atoms. The molecule has 0 bridgehead atoms. The molecule has 1 aromatic carbocycles. The summed E-state index contributed by atoms with van der Waals surface area (Å²) in [5.74, 6) is -6.07. The zero-order valence-electron chi connectivity index (χ0n) is 7.69. The smallest absolute Gasteiger partial charge is 0.293 e. The van der Waals surface area contributed by atoms with Crippen molar-refractivity contribution in [1.82, 2.24) is 0 Å². The summed E-state index contributed by atoms with van der Waals surface area (Å²) in [6.07, 6.45) is 0.123. The topological polar surface area (TPSA) is 36.4 Å². The molecule has 0 saturated carbocycles. The highest BCUT2D eigenvalue weighted by Crippen LogP contribution is 2.23. The second-order valence-electron chi connectivity index (χ2n) is 2.75. The fourth-order valence-corrected chi connectivity index (χ4v) is 1.18. The van der Waals surface area contributed by atoms with Crippen molar-refractivity contribution in [3.05, 3.63) is 39.9 Å². The first-order chi connectivity index (χ1) is 7.04. The lowest BCUT2D eigenvalue weighted by atomic mass is 10.1. The summed E-state index contributed by atoms with van der Waals surface area (Å²) in [5.41, 5.74) is 6.36. The van der Waals surface area contributed by atoms with Crippen molar-refractivity contribution in [2.24, 2.45) is 0 Å². The van der Waals surface area contributed by atoms with Crippen LogP contribution in [0.4, 0.5) is 17.6 Å². The summed E-state index contributed by atoms with van der Waals surface area (Å²) in [6, 6.07) is 0. The quantitative estimate of drug-likeness (QED) is 0.240. The van der Waals surface area contributed by atoms with Gasteiger partial charge < -0.3 is 5.53 Å². The van der Waals surface area contributed by atoms with Gasteiger partial charge in [-0.15, -0.1) is 0 Å². The van der Waals surface area contributed by atoms with Crippen LogP contribution in [0.2, 0.25) is 0 Å². The van der Waals surface area contributed by atoms with Gasteiger partial charge >= 0.3 is 0 Å². The summed E-state index contributed by atoms with van der Waals surface area (Å²) in [5, 5.41) is 0. The lowest BCUT2D eigenvalue weighted by molar-refractivity contribution is 0.00400. The maximum absolute atomic E-state index is 13.1. The Kier molecular flexibility index (Phi) is 3.21. The van der Waals surface area contributed by atoms with Crippen molar-refractivity contribution in [1.29, 1.82) is 0 Å². The fourth-order valence-electron chi connectivity index (χ4n) is 1.18. The van der Waals surface area contributed by atoms with Gasteiger partial charge in [-0.1, -0.05) is 6.92 Å². The standard InChI is InChI=1S/C9H6F4N2/c1-2-4-6(10)8(12)5(3-15-14)9(13)7(4)11/h3H,2H2,1H3. The van der Waals surface area contributed by atoms with Crippen LogP contribution in [0, 0.1) is 23.3 Å². The van der Waals surface area contributed by atoms with Gasteiger partial charge in [0.15, 0.2) is 23.3 Å². The van der Waals surface area contributed by atoms with Crippen molar-refractivity contribution < 1.29 is 22.4 Å². The van der Waals surface area contributed by atoms with E-state index >= 15 is 0 Å². The van der Waals surface area contributed by atoms with E-state index in [4.69, 9.17) is 5.53 Å². The van der Waals surface area contributed by atoms with Gasteiger partial charge in [-0.25, -0.2) is 17.6 Å². The third-order valence-electron chi connectivity index (χ3n) is 1.93. The van der Waals surface area contributed by atoms with E-state index in [1.165, 1.54) is 6.92 Å².